The average molecular weight is 387 g/mol. The van der Waals surface area contributed by atoms with E-state index in [1.54, 1.807) is 17.0 Å². The monoisotopic (exact) mass is 386 g/mol. The molecule has 0 bridgehead atoms. The number of hydrogen-bond acceptors (Lipinski definition) is 3. The van der Waals surface area contributed by atoms with E-state index in [2.05, 4.69) is 15.9 Å². The van der Waals surface area contributed by atoms with E-state index in [0.717, 1.165) is 10.9 Å². The Morgan fingerprint density at radius 2 is 2.22 bits per heavy atom. The van der Waals surface area contributed by atoms with Gasteiger partial charge >= 0.3 is 6.09 Å². The highest BCUT2D eigenvalue weighted by Gasteiger charge is 2.32. The van der Waals surface area contributed by atoms with Gasteiger partial charge in [-0.25, -0.2) is 9.18 Å². The number of nitrogens with zero attached hydrogens (tertiary/aromatic N) is 1. The van der Waals surface area contributed by atoms with Crippen molar-refractivity contribution in [1.82, 2.24) is 4.90 Å². The molecule has 1 aliphatic heterocycles. The van der Waals surface area contributed by atoms with Crippen molar-refractivity contribution in [1.29, 1.82) is 0 Å². The zero-order valence-electron chi connectivity index (χ0n) is 13.8. The normalized spacial score (nSPS) is 19.7. The first kappa shape index (κ1) is 18.2. The van der Waals surface area contributed by atoms with Gasteiger partial charge in [0.15, 0.2) is 0 Å². The van der Waals surface area contributed by atoms with Gasteiger partial charge in [0.2, 0.25) is 0 Å². The van der Waals surface area contributed by atoms with Crippen molar-refractivity contribution in [3.63, 3.8) is 0 Å². The molecule has 1 heterocycles. The third kappa shape index (κ3) is 5.18. The molecule has 23 heavy (non-hydrogen) atoms. The van der Waals surface area contributed by atoms with Crippen LogP contribution in [0.3, 0.4) is 0 Å². The summed E-state index contributed by atoms with van der Waals surface area (Å²) < 4.78 is 20.1. The van der Waals surface area contributed by atoms with Gasteiger partial charge in [-0.2, -0.15) is 0 Å². The quantitative estimate of drug-likeness (QED) is 0.860. The predicted molar refractivity (Wildman–Crippen MR) is 91.7 cm³/mol. The molecule has 4 nitrogen and oxygen atoms in total. The number of nitrogens with two attached hydrogens (primary N) is 1. The topological polar surface area (TPSA) is 55.6 Å². The van der Waals surface area contributed by atoms with E-state index in [9.17, 15) is 9.18 Å². The van der Waals surface area contributed by atoms with Gasteiger partial charge in [-0.05, 0) is 63.3 Å². The Bertz CT molecular complexity index is 574. The molecular formula is C17H24BrFN2O2. The van der Waals surface area contributed by atoms with Gasteiger partial charge in [0.25, 0.3) is 0 Å². The van der Waals surface area contributed by atoms with Crippen LogP contribution in [0.2, 0.25) is 0 Å². The molecule has 2 unspecified atom stereocenters. The molecule has 1 aromatic rings. The highest BCUT2D eigenvalue weighted by atomic mass is 79.9. The van der Waals surface area contributed by atoms with E-state index in [1.807, 2.05) is 20.8 Å². The van der Waals surface area contributed by atoms with Crippen LogP contribution in [-0.2, 0) is 11.2 Å². The Morgan fingerprint density at radius 1 is 1.52 bits per heavy atom. The van der Waals surface area contributed by atoms with E-state index in [0.29, 0.717) is 25.1 Å². The summed E-state index contributed by atoms with van der Waals surface area (Å²) >= 11 is 3.35. The molecule has 1 aliphatic rings. The van der Waals surface area contributed by atoms with Gasteiger partial charge in [0.1, 0.15) is 11.4 Å². The lowest BCUT2D eigenvalue weighted by atomic mass is 9.93. The standard InChI is InChI=1S/C17H24BrFN2O2/c1-17(2,3)23-16(22)21-7-6-11(10-21)15(20)9-12-8-13(18)4-5-14(12)19/h4-5,8,11,15H,6-7,9-10,20H2,1-3H3. The molecule has 1 fully saturated rings. The van der Waals surface area contributed by atoms with Gasteiger partial charge in [0, 0.05) is 23.6 Å². The van der Waals surface area contributed by atoms with Crippen LogP contribution >= 0.6 is 15.9 Å². The maximum Gasteiger partial charge on any atom is 0.410 e. The number of carbonyl (C=O) groups excluding carboxylic acids is 1. The molecular weight excluding hydrogens is 363 g/mol. The predicted octanol–water partition coefficient (Wildman–Crippen LogP) is 3.72. The first-order valence-electron chi connectivity index (χ1n) is 7.83. The Hall–Kier alpha value is -1.14. The lowest BCUT2D eigenvalue weighted by Gasteiger charge is -2.25. The Balaban J connectivity index is 1.93. The highest BCUT2D eigenvalue weighted by Crippen LogP contribution is 2.24. The van der Waals surface area contributed by atoms with Gasteiger partial charge < -0.3 is 15.4 Å². The second kappa shape index (κ2) is 7.18. The summed E-state index contributed by atoms with van der Waals surface area (Å²) in [6.07, 6.45) is 0.967. The molecule has 0 aromatic heterocycles. The molecule has 2 rings (SSSR count). The van der Waals surface area contributed by atoms with E-state index < -0.39 is 5.60 Å². The van der Waals surface area contributed by atoms with E-state index in [1.165, 1.54) is 6.07 Å². The average Bonchev–Trinajstić information content (AvgIpc) is 2.91. The second-order valence-corrected chi connectivity index (χ2v) is 7.99. The molecule has 1 aromatic carbocycles. The van der Waals surface area contributed by atoms with Crippen LogP contribution in [0, 0.1) is 11.7 Å². The number of carbonyl (C=O) groups is 1. The molecule has 2 N–H and O–H groups in total. The minimum absolute atomic E-state index is 0.154. The van der Waals surface area contributed by atoms with Crippen molar-refractivity contribution < 1.29 is 13.9 Å². The molecule has 2 atom stereocenters. The van der Waals surface area contributed by atoms with Crippen LogP contribution in [0.25, 0.3) is 0 Å². The first-order valence-corrected chi connectivity index (χ1v) is 8.62. The SMILES string of the molecule is CC(C)(C)OC(=O)N1CCC(C(N)Cc2cc(Br)ccc2F)C1. The van der Waals surface area contributed by atoms with Gasteiger partial charge in [0.05, 0.1) is 0 Å². The van der Waals surface area contributed by atoms with Crippen molar-refractivity contribution in [3.8, 4) is 0 Å². The number of rotatable bonds is 3. The summed E-state index contributed by atoms with van der Waals surface area (Å²) in [5, 5.41) is 0. The third-order valence-corrected chi connectivity index (χ3v) is 4.44. The van der Waals surface area contributed by atoms with Crippen LogP contribution in [0.5, 0.6) is 0 Å². The van der Waals surface area contributed by atoms with Gasteiger partial charge in [-0.15, -0.1) is 0 Å². The van der Waals surface area contributed by atoms with E-state index in [-0.39, 0.29) is 23.9 Å². The van der Waals surface area contributed by atoms with Gasteiger partial charge in [-0.1, -0.05) is 15.9 Å². The van der Waals surface area contributed by atoms with Crippen LogP contribution in [-0.4, -0.2) is 35.7 Å². The number of ether oxygens (including phenoxy) is 1. The summed E-state index contributed by atoms with van der Waals surface area (Å²) in [6, 6.07) is 4.68. The number of amides is 1. The molecule has 0 saturated carbocycles. The van der Waals surface area contributed by atoms with Crippen molar-refractivity contribution in [3.05, 3.63) is 34.1 Å². The maximum atomic E-state index is 13.8. The molecule has 128 valence electrons. The van der Waals surface area contributed by atoms with Gasteiger partial charge in [-0.3, -0.25) is 0 Å². The van der Waals surface area contributed by atoms with Crippen molar-refractivity contribution in [2.45, 2.75) is 45.3 Å². The Labute approximate surface area is 145 Å². The molecule has 1 amide bonds. The van der Waals surface area contributed by atoms with Crippen molar-refractivity contribution >= 4 is 22.0 Å². The van der Waals surface area contributed by atoms with E-state index >= 15 is 0 Å². The number of hydrogen-bond donors (Lipinski definition) is 1. The highest BCUT2D eigenvalue weighted by molar-refractivity contribution is 9.10. The molecule has 1 saturated heterocycles. The fourth-order valence-electron chi connectivity index (χ4n) is 2.75. The number of halogens is 2. The largest absolute Gasteiger partial charge is 0.444 e. The zero-order valence-corrected chi connectivity index (χ0v) is 15.4. The first-order chi connectivity index (χ1) is 10.7. The van der Waals surface area contributed by atoms with Crippen LogP contribution < -0.4 is 5.73 Å². The Morgan fingerprint density at radius 3 is 2.87 bits per heavy atom. The summed E-state index contributed by atoms with van der Waals surface area (Å²) in [5.41, 5.74) is 6.36. The lowest BCUT2D eigenvalue weighted by Crippen LogP contribution is -2.38. The van der Waals surface area contributed by atoms with Crippen molar-refractivity contribution in [2.24, 2.45) is 11.7 Å². The molecule has 0 radical (unpaired) electrons. The minimum atomic E-state index is -0.503. The second-order valence-electron chi connectivity index (χ2n) is 7.08. The number of benzene rings is 1. The Kier molecular flexibility index (Phi) is 5.68. The molecule has 6 heteroatoms. The van der Waals surface area contributed by atoms with Crippen LogP contribution in [0.4, 0.5) is 9.18 Å². The smallest absolute Gasteiger partial charge is 0.410 e. The third-order valence-electron chi connectivity index (χ3n) is 3.95. The minimum Gasteiger partial charge on any atom is -0.444 e. The van der Waals surface area contributed by atoms with E-state index in [4.69, 9.17) is 10.5 Å². The summed E-state index contributed by atoms with van der Waals surface area (Å²) in [6.45, 7) is 6.74. The fraction of sp³-hybridized carbons (Fsp3) is 0.588. The van der Waals surface area contributed by atoms with Crippen LogP contribution in [0.15, 0.2) is 22.7 Å². The summed E-state index contributed by atoms with van der Waals surface area (Å²) in [5.74, 6) is -0.0912. The maximum absolute atomic E-state index is 13.8. The van der Waals surface area contributed by atoms with Crippen molar-refractivity contribution in [2.75, 3.05) is 13.1 Å². The number of likely N-dealkylation sites (tertiary alicyclic amines) is 1. The van der Waals surface area contributed by atoms with Crippen LogP contribution in [0.1, 0.15) is 32.8 Å². The lowest BCUT2D eigenvalue weighted by molar-refractivity contribution is 0.0286. The summed E-state index contributed by atoms with van der Waals surface area (Å²) in [4.78, 5) is 13.8. The molecule has 0 spiro atoms. The fourth-order valence-corrected chi connectivity index (χ4v) is 3.16. The summed E-state index contributed by atoms with van der Waals surface area (Å²) in [7, 11) is 0. The molecule has 0 aliphatic carbocycles. The zero-order chi connectivity index (χ0) is 17.2.